The summed E-state index contributed by atoms with van der Waals surface area (Å²) in [4.78, 5) is 121. The molecule has 8 heterocycles. The minimum absolute atomic E-state index is 0.0672. The topological polar surface area (TPSA) is 454 Å². The molecule has 8 aromatic heterocycles. The van der Waals surface area contributed by atoms with Gasteiger partial charge in [-0.1, -0.05) is 109 Å². The van der Waals surface area contributed by atoms with Gasteiger partial charge in [-0.15, -0.1) is 0 Å². The molecule has 17 aromatic rings. The van der Waals surface area contributed by atoms with Gasteiger partial charge in [0.25, 0.3) is 0 Å². The number of carboxylic acids is 1. The minimum atomic E-state index is -0.892. The normalized spacial score (nSPS) is 10.6. The van der Waals surface area contributed by atoms with E-state index in [1.807, 2.05) is 209 Å². The standard InChI is InChI=1S/C27H25N7O3.C26H23N7O3.C19H15ClN6O2.C12H11ClN4O2.C3HCl2N3/c1-36-21-12-10-18(11-13-21)16-28-26-32-22-8-3-4-9-23(22)34(26)27-30-17-29-25(33-27)31-20-7-5-6-19(14-20)15-24(35)37-2;1-36-20-11-9-17(10-12-20)15-27-25-31-21-7-2-3-8-22(21)33(25)26-29-16-28-24(32-26)30-19-6-4-5-18(13-19)14-23(34)35;1-28-16(27)10-12-5-4-6-13(9-12)23-18-21-11-22-19(25-18)26-15-8-3-2-7-14(15)24-17(26)20;1-19-10(18)6-8-3-2-4-9(5-8)16-12-15-7-14-11(13)17-12;4-2-6-1-7-3(5)8-2/h3-14,17H,15-16H2,1-2H3,(H,28,32)(H,29,30,31,33);2-13,16H,14-15H2,1H3,(H,27,31)(H,34,35)(H,28,29,30,32);2-9,11H,10H2,1H3,(H,21,22,23,25);2-5,7H,6H2,1H3,(H,14,15,16,17);1H. The van der Waals surface area contributed by atoms with Crippen LogP contribution in [-0.2, 0) is 72.2 Å². The number of anilines is 10. The van der Waals surface area contributed by atoms with Crippen molar-refractivity contribution >= 4 is 162 Å². The summed E-state index contributed by atoms with van der Waals surface area (Å²) in [7, 11) is 7.38. The largest absolute Gasteiger partial charge is 0.497 e. The zero-order valence-corrected chi connectivity index (χ0v) is 71.5. The highest BCUT2D eigenvalue weighted by atomic mass is 35.5. The van der Waals surface area contributed by atoms with Gasteiger partial charge >= 0.3 is 23.9 Å². The lowest BCUT2D eigenvalue weighted by atomic mass is 10.1. The number of nitrogens with zero attached hydrogens (tertiary/aromatic N) is 21. The molecule has 0 unspecified atom stereocenters. The van der Waals surface area contributed by atoms with Crippen LogP contribution in [0.2, 0.25) is 21.1 Å². The Balaban J connectivity index is 0.000000145. The number of benzene rings is 9. The molecule has 0 aliphatic heterocycles. The molecule has 0 aliphatic rings. The maximum atomic E-state index is 11.6. The number of nitrogens with one attached hydrogen (secondary N) is 6. The molecule has 0 saturated carbocycles. The highest BCUT2D eigenvalue weighted by molar-refractivity contribution is 6.31. The van der Waals surface area contributed by atoms with Crippen LogP contribution < -0.4 is 41.4 Å². The van der Waals surface area contributed by atoms with Crippen LogP contribution in [-0.4, -0.2) is 168 Å². The van der Waals surface area contributed by atoms with E-state index in [-0.39, 0.29) is 64.7 Å². The van der Waals surface area contributed by atoms with E-state index in [9.17, 15) is 19.2 Å². The molecule has 17 rings (SSSR count). The van der Waals surface area contributed by atoms with E-state index in [4.69, 9.17) is 80.4 Å². The Hall–Kier alpha value is -16.1. The number of imidazole rings is 3. The SMILES string of the molecule is COC(=O)Cc1cccc(Nc2ncnc(-n3c(Cl)nc4ccccc43)n2)c1.COC(=O)Cc1cccc(Nc2ncnc(-n3c(NCc4ccc(OC)cc4)nc4ccccc43)n2)c1.COC(=O)Cc1cccc(Nc2ncnc(Cl)n2)c1.COc1ccc(CNc2nc3ccccc3n2-c2ncnc(Nc3cccc(CC(=O)O)c3)n2)cc1.Clc1ncnc(Cl)n1. The molecule has 0 amide bonds. The Morgan fingerprint density at radius 1 is 0.320 bits per heavy atom. The van der Waals surface area contributed by atoms with Crippen LogP contribution in [0, 0.1) is 0 Å². The fraction of sp³-hybridized carbons (Fsp3) is 0.126. The maximum absolute atomic E-state index is 11.6. The second-order valence-electron chi connectivity index (χ2n) is 26.7. The molecule has 646 valence electrons. The summed E-state index contributed by atoms with van der Waals surface area (Å²) in [6, 6.07) is 67.9. The van der Waals surface area contributed by atoms with E-state index >= 15 is 0 Å². The fourth-order valence-electron chi connectivity index (χ4n) is 12.1. The van der Waals surface area contributed by atoms with Crippen molar-refractivity contribution in [3.63, 3.8) is 0 Å². The summed E-state index contributed by atoms with van der Waals surface area (Å²) in [5, 5.41) is 28.9. The Kier molecular flexibility index (Phi) is 31.0. The fourth-order valence-corrected chi connectivity index (χ4v) is 12.8. The number of hydrogen-bond acceptors (Lipinski definition) is 33. The first kappa shape index (κ1) is 89.6. The number of hydrogen-bond donors (Lipinski definition) is 7. The third-order valence-corrected chi connectivity index (χ3v) is 18.8. The quantitative estimate of drug-likeness (QED) is 0.0186. The molecular weight excluding hydrogens is 1720 g/mol. The number of rotatable bonds is 27. The minimum Gasteiger partial charge on any atom is -0.497 e. The lowest BCUT2D eigenvalue weighted by Crippen LogP contribution is -2.10. The predicted octanol–water partition coefficient (Wildman–Crippen LogP) is 15.0. The van der Waals surface area contributed by atoms with E-state index < -0.39 is 5.97 Å². The summed E-state index contributed by atoms with van der Waals surface area (Å²) < 4.78 is 29.9. The van der Waals surface area contributed by atoms with Crippen LogP contribution in [0.4, 0.5) is 58.4 Å². The van der Waals surface area contributed by atoms with Gasteiger partial charge in [-0.3, -0.25) is 23.7 Å². The maximum Gasteiger partial charge on any atom is 0.309 e. The van der Waals surface area contributed by atoms with Crippen LogP contribution in [0.5, 0.6) is 11.5 Å². The van der Waals surface area contributed by atoms with Crippen molar-refractivity contribution in [3.05, 3.63) is 305 Å². The van der Waals surface area contributed by atoms with Crippen molar-refractivity contribution in [3.8, 4) is 29.3 Å². The van der Waals surface area contributed by atoms with Crippen molar-refractivity contribution in [2.24, 2.45) is 0 Å². The van der Waals surface area contributed by atoms with Gasteiger partial charge in [-0.2, -0.15) is 24.9 Å². The number of aliphatic carboxylic acids is 1. The molecule has 0 aliphatic carbocycles. The second kappa shape index (κ2) is 44.3. The zero-order valence-electron chi connectivity index (χ0n) is 68.4. The highest BCUT2D eigenvalue weighted by Crippen LogP contribution is 2.30. The zero-order chi connectivity index (χ0) is 89.7. The molecule has 0 saturated heterocycles. The summed E-state index contributed by atoms with van der Waals surface area (Å²) in [5.41, 5.74) is 13.0. The number of para-hydroxylation sites is 6. The third kappa shape index (κ3) is 25.3. The van der Waals surface area contributed by atoms with Crippen LogP contribution in [0.15, 0.2) is 250 Å². The lowest BCUT2D eigenvalue weighted by molar-refractivity contribution is -0.140. The summed E-state index contributed by atoms with van der Waals surface area (Å²) in [6.45, 7) is 1.09. The van der Waals surface area contributed by atoms with Gasteiger partial charge in [0.1, 0.15) is 43.1 Å². The second-order valence-corrected chi connectivity index (χ2v) is 28.0. The summed E-state index contributed by atoms with van der Waals surface area (Å²) in [6.07, 6.45) is 7.34. The number of halogens is 4. The van der Waals surface area contributed by atoms with Crippen molar-refractivity contribution < 1.29 is 48.0 Å². The third-order valence-electron chi connectivity index (χ3n) is 18.0. The Labute approximate surface area is 748 Å². The first-order chi connectivity index (χ1) is 62.3. The van der Waals surface area contributed by atoms with Gasteiger partial charge in [-0.25, -0.2) is 73.9 Å². The Morgan fingerprint density at radius 2 is 0.633 bits per heavy atom. The molecule has 0 spiro atoms. The van der Waals surface area contributed by atoms with Crippen molar-refractivity contribution in [1.82, 2.24) is 103 Å². The van der Waals surface area contributed by atoms with E-state index in [1.54, 1.807) is 37.0 Å². The molecule has 0 atom stereocenters. The Morgan fingerprint density at radius 3 is 0.969 bits per heavy atom. The molecule has 0 bridgehead atoms. The molecule has 0 fully saturated rings. The van der Waals surface area contributed by atoms with Gasteiger partial charge < -0.3 is 60.7 Å². The molecule has 7 N–H and O–H groups in total. The highest BCUT2D eigenvalue weighted by Gasteiger charge is 2.20. The number of ether oxygens (including phenoxy) is 5. The smallest absolute Gasteiger partial charge is 0.309 e. The van der Waals surface area contributed by atoms with Crippen LogP contribution in [0.1, 0.15) is 33.4 Å². The molecule has 128 heavy (non-hydrogen) atoms. The molecule has 37 nitrogen and oxygen atoms in total. The van der Waals surface area contributed by atoms with Crippen molar-refractivity contribution in [1.29, 1.82) is 0 Å². The monoisotopic (exact) mass is 1800 g/mol. The van der Waals surface area contributed by atoms with E-state index in [1.165, 1.54) is 53.0 Å². The average Bonchev–Trinajstić information content (AvgIpc) is 1.64. The molecule has 41 heteroatoms. The van der Waals surface area contributed by atoms with Gasteiger partial charge in [0, 0.05) is 35.8 Å². The summed E-state index contributed by atoms with van der Waals surface area (Å²) >= 11 is 22.5. The number of esters is 3. The Bertz CT molecular complexity index is 6680. The van der Waals surface area contributed by atoms with E-state index in [2.05, 4.69) is 116 Å². The van der Waals surface area contributed by atoms with Crippen molar-refractivity contribution in [2.75, 3.05) is 67.4 Å². The van der Waals surface area contributed by atoms with Gasteiger partial charge in [0.2, 0.25) is 74.7 Å². The van der Waals surface area contributed by atoms with E-state index in [0.717, 1.165) is 89.5 Å². The predicted molar refractivity (Wildman–Crippen MR) is 481 cm³/mol. The molecule has 9 aromatic carbocycles. The number of fused-ring (bicyclic) bond motifs is 3. The van der Waals surface area contributed by atoms with Gasteiger partial charge in [0.05, 0.1) is 94.3 Å². The molecule has 0 radical (unpaired) electrons. The summed E-state index contributed by atoms with van der Waals surface area (Å²) in [5.74, 6) is 3.52. The number of carbonyl (C=O) groups is 4. The lowest BCUT2D eigenvalue weighted by Gasteiger charge is -2.11. The van der Waals surface area contributed by atoms with Crippen LogP contribution in [0.25, 0.3) is 50.9 Å². The van der Waals surface area contributed by atoms with E-state index in [0.29, 0.717) is 77.9 Å². The number of aromatic nitrogens is 21. The van der Waals surface area contributed by atoms with Crippen LogP contribution in [0.3, 0.4) is 0 Å². The van der Waals surface area contributed by atoms with Gasteiger partial charge in [0.15, 0.2) is 0 Å². The average molecular weight is 1800 g/mol. The first-order valence-corrected chi connectivity index (χ1v) is 39.9. The van der Waals surface area contributed by atoms with Gasteiger partial charge in [-0.05, 0) is 189 Å². The molecular formula is C87H75Cl4N27O10. The first-order valence-electron chi connectivity index (χ1n) is 38.4. The number of carbonyl (C=O) groups excluding carboxylic acids is 3. The number of carboxylic acid groups (broad SMARTS) is 1. The number of methoxy groups -OCH3 is 5. The van der Waals surface area contributed by atoms with Crippen molar-refractivity contribution in [2.45, 2.75) is 38.8 Å². The van der Waals surface area contributed by atoms with Crippen LogP contribution >= 0.6 is 46.4 Å².